The number of rotatable bonds is 2. The highest BCUT2D eigenvalue weighted by Crippen LogP contribution is 2.32. The van der Waals surface area contributed by atoms with Crippen molar-refractivity contribution < 1.29 is 0 Å². The van der Waals surface area contributed by atoms with E-state index in [1.165, 1.54) is 89.2 Å². The number of hydrogen-bond donors (Lipinski definition) is 0. The molecule has 0 amide bonds. The van der Waals surface area contributed by atoms with Crippen LogP contribution in [0, 0.1) is 0 Å². The summed E-state index contributed by atoms with van der Waals surface area (Å²) in [4.78, 5) is 0. The van der Waals surface area contributed by atoms with E-state index in [0.717, 1.165) is 0 Å². The SMILES string of the molecule is c1c(C2CCCCCC2)nnn1C1CCCCCCC1. The van der Waals surface area contributed by atoms with E-state index in [2.05, 4.69) is 21.2 Å². The number of hydrogen-bond acceptors (Lipinski definition) is 2. The van der Waals surface area contributed by atoms with Crippen molar-refractivity contribution in [2.24, 2.45) is 0 Å². The minimum absolute atomic E-state index is 0.613. The van der Waals surface area contributed by atoms with E-state index in [4.69, 9.17) is 0 Å². The first-order chi connectivity index (χ1) is 9.93. The van der Waals surface area contributed by atoms with Gasteiger partial charge in [0.15, 0.2) is 0 Å². The molecular formula is C17H29N3. The van der Waals surface area contributed by atoms with Gasteiger partial charge in [-0.05, 0) is 25.7 Å². The van der Waals surface area contributed by atoms with Crippen molar-refractivity contribution >= 4 is 0 Å². The molecule has 1 aromatic rings. The van der Waals surface area contributed by atoms with Gasteiger partial charge in [0.1, 0.15) is 0 Å². The van der Waals surface area contributed by atoms with Crippen molar-refractivity contribution in [2.75, 3.05) is 0 Å². The molecule has 2 saturated carbocycles. The van der Waals surface area contributed by atoms with Gasteiger partial charge in [-0.3, -0.25) is 0 Å². The van der Waals surface area contributed by atoms with E-state index in [0.29, 0.717) is 12.0 Å². The van der Waals surface area contributed by atoms with Gasteiger partial charge in [0.25, 0.3) is 0 Å². The Labute approximate surface area is 123 Å². The predicted octanol–water partition coefficient (Wildman–Crippen LogP) is 5.00. The molecule has 0 N–H and O–H groups in total. The first-order valence-electron chi connectivity index (χ1n) is 8.85. The van der Waals surface area contributed by atoms with Gasteiger partial charge in [0.2, 0.25) is 0 Å². The highest BCUT2D eigenvalue weighted by Gasteiger charge is 2.20. The van der Waals surface area contributed by atoms with Crippen LogP contribution in [0.2, 0.25) is 0 Å². The molecule has 112 valence electrons. The second-order valence-electron chi connectivity index (χ2n) is 6.81. The van der Waals surface area contributed by atoms with E-state index in [9.17, 15) is 0 Å². The fourth-order valence-electron chi connectivity index (χ4n) is 3.93. The Morgan fingerprint density at radius 2 is 1.30 bits per heavy atom. The van der Waals surface area contributed by atoms with E-state index >= 15 is 0 Å². The maximum absolute atomic E-state index is 4.52. The van der Waals surface area contributed by atoms with Gasteiger partial charge in [0.05, 0.1) is 11.7 Å². The van der Waals surface area contributed by atoms with E-state index in [1.54, 1.807) is 0 Å². The molecule has 1 aromatic heterocycles. The zero-order valence-corrected chi connectivity index (χ0v) is 12.8. The summed E-state index contributed by atoms with van der Waals surface area (Å²) in [5.41, 5.74) is 1.27. The third-order valence-corrected chi connectivity index (χ3v) is 5.25. The third kappa shape index (κ3) is 3.62. The summed E-state index contributed by atoms with van der Waals surface area (Å²) in [6.07, 6.45) is 20.1. The lowest BCUT2D eigenvalue weighted by atomic mass is 9.96. The summed E-state index contributed by atoms with van der Waals surface area (Å²) in [6.45, 7) is 0. The minimum Gasteiger partial charge on any atom is -0.249 e. The Bertz CT molecular complexity index is 383. The molecule has 0 radical (unpaired) electrons. The summed E-state index contributed by atoms with van der Waals surface area (Å²) in [6, 6.07) is 0.613. The van der Waals surface area contributed by atoms with Gasteiger partial charge in [-0.2, -0.15) is 0 Å². The molecule has 2 aliphatic rings. The molecule has 0 atom stereocenters. The van der Waals surface area contributed by atoms with Crippen molar-refractivity contribution in [1.82, 2.24) is 15.0 Å². The summed E-state index contributed by atoms with van der Waals surface area (Å²) in [5.74, 6) is 0.680. The Morgan fingerprint density at radius 1 is 0.750 bits per heavy atom. The maximum Gasteiger partial charge on any atom is 0.0858 e. The lowest BCUT2D eigenvalue weighted by Gasteiger charge is -2.19. The fourth-order valence-corrected chi connectivity index (χ4v) is 3.93. The average Bonchev–Trinajstić information content (AvgIpc) is 2.74. The molecule has 20 heavy (non-hydrogen) atoms. The van der Waals surface area contributed by atoms with Gasteiger partial charge < -0.3 is 0 Å². The lowest BCUT2D eigenvalue weighted by molar-refractivity contribution is 0.342. The summed E-state index contributed by atoms with van der Waals surface area (Å²) in [7, 11) is 0. The van der Waals surface area contributed by atoms with Crippen molar-refractivity contribution in [3.05, 3.63) is 11.9 Å². The lowest BCUT2D eigenvalue weighted by Crippen LogP contribution is -2.11. The minimum atomic E-state index is 0.613. The van der Waals surface area contributed by atoms with Crippen LogP contribution in [0.15, 0.2) is 6.20 Å². The molecule has 3 heteroatoms. The Morgan fingerprint density at radius 3 is 1.95 bits per heavy atom. The molecule has 1 heterocycles. The Kier molecular flexibility index (Phi) is 5.10. The predicted molar refractivity (Wildman–Crippen MR) is 81.8 cm³/mol. The smallest absolute Gasteiger partial charge is 0.0858 e. The molecule has 0 saturated heterocycles. The largest absolute Gasteiger partial charge is 0.249 e. The van der Waals surface area contributed by atoms with E-state index in [-0.39, 0.29) is 0 Å². The summed E-state index contributed by atoms with van der Waals surface area (Å²) >= 11 is 0. The van der Waals surface area contributed by atoms with Gasteiger partial charge in [-0.1, -0.05) is 63.0 Å². The molecule has 0 unspecified atom stereocenters. The standard InChI is InChI=1S/C17H29N3/c1-2-8-12-16(13-9-3-1)20-14-17(18-19-20)15-10-6-4-5-7-11-15/h14-16H,1-13H2. The second kappa shape index (κ2) is 7.24. The highest BCUT2D eigenvalue weighted by atomic mass is 15.4. The molecule has 3 rings (SSSR count). The first kappa shape index (κ1) is 14.1. The second-order valence-corrected chi connectivity index (χ2v) is 6.81. The van der Waals surface area contributed by atoms with Gasteiger partial charge >= 0.3 is 0 Å². The van der Waals surface area contributed by atoms with Crippen LogP contribution in [0.1, 0.15) is 101 Å². The monoisotopic (exact) mass is 275 g/mol. The van der Waals surface area contributed by atoms with E-state index < -0.39 is 0 Å². The highest BCUT2D eigenvalue weighted by molar-refractivity contribution is 5.03. The summed E-state index contributed by atoms with van der Waals surface area (Å²) < 4.78 is 2.20. The number of aromatic nitrogens is 3. The van der Waals surface area contributed by atoms with E-state index in [1.807, 2.05) is 0 Å². The van der Waals surface area contributed by atoms with Crippen LogP contribution in [-0.4, -0.2) is 15.0 Å². The van der Waals surface area contributed by atoms with Gasteiger partial charge in [-0.15, -0.1) is 5.10 Å². The first-order valence-corrected chi connectivity index (χ1v) is 8.85. The van der Waals surface area contributed by atoms with Crippen LogP contribution in [0.4, 0.5) is 0 Å². The molecule has 0 spiro atoms. The van der Waals surface area contributed by atoms with Gasteiger partial charge in [-0.25, -0.2) is 4.68 Å². The Hall–Kier alpha value is -0.860. The van der Waals surface area contributed by atoms with Crippen molar-refractivity contribution in [2.45, 2.75) is 95.4 Å². The van der Waals surface area contributed by atoms with Crippen LogP contribution in [-0.2, 0) is 0 Å². The normalized spacial score (nSPS) is 24.0. The zero-order chi connectivity index (χ0) is 13.6. The fraction of sp³-hybridized carbons (Fsp3) is 0.882. The van der Waals surface area contributed by atoms with Crippen LogP contribution in [0.5, 0.6) is 0 Å². The molecular weight excluding hydrogens is 246 g/mol. The number of nitrogens with zero attached hydrogens (tertiary/aromatic N) is 3. The van der Waals surface area contributed by atoms with Gasteiger partial charge in [0, 0.05) is 12.1 Å². The topological polar surface area (TPSA) is 30.7 Å². The molecule has 0 aliphatic heterocycles. The third-order valence-electron chi connectivity index (χ3n) is 5.25. The molecule has 3 nitrogen and oxygen atoms in total. The van der Waals surface area contributed by atoms with Crippen LogP contribution in [0.25, 0.3) is 0 Å². The average molecular weight is 275 g/mol. The molecule has 2 fully saturated rings. The van der Waals surface area contributed by atoms with Crippen LogP contribution in [0.3, 0.4) is 0 Å². The molecule has 0 bridgehead atoms. The molecule has 0 aromatic carbocycles. The van der Waals surface area contributed by atoms with Crippen molar-refractivity contribution in [3.8, 4) is 0 Å². The van der Waals surface area contributed by atoms with Crippen molar-refractivity contribution in [1.29, 1.82) is 0 Å². The molecule has 2 aliphatic carbocycles. The summed E-state index contributed by atoms with van der Waals surface area (Å²) in [5, 5.41) is 9.01. The maximum atomic E-state index is 4.52. The quantitative estimate of drug-likeness (QED) is 0.711. The van der Waals surface area contributed by atoms with Crippen molar-refractivity contribution in [3.63, 3.8) is 0 Å². The van der Waals surface area contributed by atoms with Crippen LogP contribution >= 0.6 is 0 Å². The Balaban J connectivity index is 1.65. The van der Waals surface area contributed by atoms with Crippen LogP contribution < -0.4 is 0 Å². The zero-order valence-electron chi connectivity index (χ0n) is 12.8.